The third kappa shape index (κ3) is 12.9. The SMILES string of the molecule is CCC(=O)OC(C)C.CCCCC(=N/C=C(\C)c1ccc(N2CC(OC(C)C)C2)cc1SNCC)C1CCCCC1. The molecule has 6 nitrogen and oxygen atoms in total. The van der Waals surface area contributed by atoms with Crippen molar-refractivity contribution < 1.29 is 14.3 Å². The van der Waals surface area contributed by atoms with Crippen LogP contribution in [0.1, 0.15) is 119 Å². The van der Waals surface area contributed by atoms with Crippen molar-refractivity contribution in [3.05, 3.63) is 30.0 Å². The highest BCUT2D eigenvalue weighted by molar-refractivity contribution is 7.97. The molecule has 3 rings (SSSR count). The number of allylic oxidation sites excluding steroid dienone is 1. The minimum Gasteiger partial charge on any atom is -0.463 e. The van der Waals surface area contributed by atoms with E-state index in [9.17, 15) is 4.79 Å². The third-order valence-corrected chi connectivity index (χ3v) is 8.33. The molecule has 0 radical (unpaired) electrons. The maximum Gasteiger partial charge on any atom is 0.305 e. The van der Waals surface area contributed by atoms with Crippen LogP contribution in [0.15, 0.2) is 34.3 Å². The summed E-state index contributed by atoms with van der Waals surface area (Å²) < 4.78 is 14.2. The summed E-state index contributed by atoms with van der Waals surface area (Å²) in [6, 6.07) is 6.87. The van der Waals surface area contributed by atoms with Crippen LogP contribution in [-0.2, 0) is 14.3 Å². The van der Waals surface area contributed by atoms with Crippen molar-refractivity contribution in [1.82, 2.24) is 4.72 Å². The zero-order chi connectivity index (χ0) is 30.2. The standard InChI is InChI=1S/C28H45N3OS.C6H12O2/c1-6-8-14-27(23-12-10-9-11-13-23)29-18-22(5)26-16-15-24(17-28(26)33-30-7-2)31-19-25(20-31)32-21(3)4;1-4-6(7)8-5(2)3/h15-18,21,23,25,30H,6-14,19-20H2,1-5H3;5H,4H2,1-3H3/b22-18+,29-27?;. The van der Waals surface area contributed by atoms with Gasteiger partial charge in [0.05, 0.1) is 18.3 Å². The van der Waals surface area contributed by atoms with E-state index in [-0.39, 0.29) is 12.1 Å². The van der Waals surface area contributed by atoms with Crippen molar-refractivity contribution in [2.45, 2.75) is 136 Å². The maximum absolute atomic E-state index is 10.4. The number of anilines is 1. The lowest BCUT2D eigenvalue weighted by atomic mass is 9.84. The first-order valence-electron chi connectivity index (χ1n) is 16.1. The molecule has 1 N–H and O–H groups in total. The van der Waals surface area contributed by atoms with Gasteiger partial charge in [-0.05, 0) is 101 Å². The van der Waals surface area contributed by atoms with Crippen LogP contribution in [-0.4, -0.2) is 49.6 Å². The Kier molecular flexibility index (Phi) is 16.7. The van der Waals surface area contributed by atoms with Crippen LogP contribution in [0, 0.1) is 5.92 Å². The van der Waals surface area contributed by atoms with E-state index < -0.39 is 0 Å². The molecule has 1 aliphatic heterocycles. The summed E-state index contributed by atoms with van der Waals surface area (Å²) in [6.07, 6.45) is 13.7. The Morgan fingerprint density at radius 2 is 1.80 bits per heavy atom. The highest BCUT2D eigenvalue weighted by Gasteiger charge is 2.28. The fourth-order valence-corrected chi connectivity index (χ4v) is 5.97. The quantitative estimate of drug-likeness (QED) is 0.133. The number of hydrogen-bond acceptors (Lipinski definition) is 7. The number of ether oxygens (including phenoxy) is 2. The molecule has 0 aromatic heterocycles. The fraction of sp³-hybridized carbons (Fsp3) is 0.706. The Morgan fingerprint density at radius 1 is 1.10 bits per heavy atom. The fourth-order valence-electron chi connectivity index (χ4n) is 5.15. The second-order valence-corrected chi connectivity index (χ2v) is 12.7. The van der Waals surface area contributed by atoms with Crippen molar-refractivity contribution in [3.8, 4) is 0 Å². The zero-order valence-electron chi connectivity index (χ0n) is 27.1. The van der Waals surface area contributed by atoms with E-state index in [1.807, 2.05) is 13.8 Å². The molecule has 0 atom stereocenters. The topological polar surface area (TPSA) is 63.2 Å². The Balaban J connectivity index is 0.000000642. The Bertz CT molecular complexity index is 964. The molecule has 1 saturated heterocycles. The van der Waals surface area contributed by atoms with E-state index >= 15 is 0 Å². The number of aliphatic imine (C=N–C) groups is 1. The summed E-state index contributed by atoms with van der Waals surface area (Å²) in [7, 11) is 0. The summed E-state index contributed by atoms with van der Waals surface area (Å²) in [4.78, 5) is 19.2. The molecule has 0 unspecified atom stereocenters. The van der Waals surface area contributed by atoms with Crippen LogP contribution in [0.2, 0.25) is 0 Å². The van der Waals surface area contributed by atoms with Gasteiger partial charge in [-0.1, -0.05) is 52.5 Å². The molecule has 1 aliphatic carbocycles. The molecule has 1 aromatic rings. The van der Waals surface area contributed by atoms with Gasteiger partial charge >= 0.3 is 5.97 Å². The van der Waals surface area contributed by atoms with E-state index in [2.05, 4.69) is 68.6 Å². The van der Waals surface area contributed by atoms with Gasteiger partial charge in [0.1, 0.15) is 0 Å². The molecular weight excluding hydrogens is 530 g/mol. The summed E-state index contributed by atoms with van der Waals surface area (Å²) in [5, 5.41) is 0. The number of carbonyl (C=O) groups is 1. The summed E-state index contributed by atoms with van der Waals surface area (Å²) in [5.41, 5.74) is 5.24. The second kappa shape index (κ2) is 19.4. The van der Waals surface area contributed by atoms with E-state index in [0.29, 0.717) is 24.5 Å². The van der Waals surface area contributed by atoms with E-state index in [0.717, 1.165) is 26.1 Å². The van der Waals surface area contributed by atoms with Crippen LogP contribution in [0.5, 0.6) is 0 Å². The zero-order valence-corrected chi connectivity index (χ0v) is 27.9. The molecule has 1 aromatic carbocycles. The number of hydrogen-bond donors (Lipinski definition) is 1. The van der Waals surface area contributed by atoms with Crippen LogP contribution in [0.4, 0.5) is 5.69 Å². The number of nitrogens with zero attached hydrogens (tertiary/aromatic N) is 2. The minimum atomic E-state index is -0.125. The number of carbonyl (C=O) groups excluding carboxylic acids is 1. The third-order valence-electron chi connectivity index (χ3n) is 7.34. The van der Waals surface area contributed by atoms with Gasteiger partial charge < -0.3 is 14.4 Å². The van der Waals surface area contributed by atoms with E-state index in [4.69, 9.17) is 14.5 Å². The van der Waals surface area contributed by atoms with Crippen LogP contribution in [0.25, 0.3) is 5.57 Å². The summed E-state index contributed by atoms with van der Waals surface area (Å²) >= 11 is 1.73. The number of unbranched alkanes of at least 4 members (excludes halogenated alkanes) is 1. The predicted molar refractivity (Wildman–Crippen MR) is 177 cm³/mol. The van der Waals surface area contributed by atoms with Crippen molar-refractivity contribution in [3.63, 3.8) is 0 Å². The normalized spacial score (nSPS) is 17.0. The summed E-state index contributed by atoms with van der Waals surface area (Å²) in [6.45, 7) is 19.2. The minimum absolute atomic E-state index is 0.0300. The van der Waals surface area contributed by atoms with Crippen molar-refractivity contribution in [2.24, 2.45) is 10.9 Å². The predicted octanol–water partition coefficient (Wildman–Crippen LogP) is 8.84. The smallest absolute Gasteiger partial charge is 0.305 e. The molecule has 7 heteroatoms. The van der Waals surface area contributed by atoms with Gasteiger partial charge in [0.15, 0.2) is 0 Å². The van der Waals surface area contributed by atoms with Gasteiger partial charge in [0.2, 0.25) is 0 Å². The molecule has 2 aliphatic rings. The van der Waals surface area contributed by atoms with Crippen molar-refractivity contribution in [1.29, 1.82) is 0 Å². The average Bonchev–Trinajstić information content (AvgIpc) is 2.93. The molecule has 0 amide bonds. The first-order valence-corrected chi connectivity index (χ1v) is 16.9. The molecule has 232 valence electrons. The molecular formula is C34H57N3O3S. The van der Waals surface area contributed by atoms with Gasteiger partial charge in [-0.15, -0.1) is 0 Å². The molecule has 1 heterocycles. The van der Waals surface area contributed by atoms with Gasteiger partial charge in [-0.3, -0.25) is 14.5 Å². The number of esters is 1. The highest BCUT2D eigenvalue weighted by Crippen LogP contribution is 2.33. The summed E-state index contributed by atoms with van der Waals surface area (Å²) in [5.74, 6) is 0.569. The highest BCUT2D eigenvalue weighted by atomic mass is 32.2. The van der Waals surface area contributed by atoms with E-state index in [1.54, 1.807) is 18.9 Å². The first-order chi connectivity index (χ1) is 19.7. The maximum atomic E-state index is 10.4. The van der Waals surface area contributed by atoms with Crippen LogP contribution in [0.3, 0.4) is 0 Å². The molecule has 2 fully saturated rings. The largest absolute Gasteiger partial charge is 0.463 e. The Hall–Kier alpha value is -1.83. The van der Waals surface area contributed by atoms with Gasteiger partial charge in [-0.2, -0.15) is 0 Å². The van der Waals surface area contributed by atoms with Gasteiger partial charge in [0, 0.05) is 48.5 Å². The number of rotatable bonds is 14. The molecule has 41 heavy (non-hydrogen) atoms. The van der Waals surface area contributed by atoms with Crippen molar-refractivity contribution in [2.75, 3.05) is 24.5 Å². The van der Waals surface area contributed by atoms with Gasteiger partial charge in [0.25, 0.3) is 0 Å². The Morgan fingerprint density at radius 3 is 2.37 bits per heavy atom. The molecule has 1 saturated carbocycles. The molecule has 0 spiro atoms. The lowest BCUT2D eigenvalue weighted by Gasteiger charge is -2.41. The van der Waals surface area contributed by atoms with Crippen molar-refractivity contribution >= 4 is 34.9 Å². The lowest BCUT2D eigenvalue weighted by molar-refractivity contribution is -0.146. The van der Waals surface area contributed by atoms with E-state index in [1.165, 1.54) is 72.4 Å². The Labute approximate surface area is 255 Å². The van der Waals surface area contributed by atoms with Gasteiger partial charge in [-0.25, -0.2) is 0 Å². The van der Waals surface area contributed by atoms with Crippen LogP contribution < -0.4 is 9.62 Å². The molecule has 0 bridgehead atoms. The number of benzene rings is 1. The average molecular weight is 588 g/mol. The first kappa shape index (κ1) is 35.4. The monoisotopic (exact) mass is 587 g/mol. The van der Waals surface area contributed by atoms with Crippen LogP contribution >= 0.6 is 11.9 Å². The number of nitrogens with one attached hydrogen (secondary N) is 1. The second-order valence-electron chi connectivity index (χ2n) is 11.8. The lowest BCUT2D eigenvalue weighted by Crippen LogP contribution is -2.53.